The number of fused-ring (bicyclic) bond motifs is 5. The molecule has 1 saturated carbocycles. The predicted octanol–water partition coefficient (Wildman–Crippen LogP) is 2.81. The highest BCUT2D eigenvalue weighted by molar-refractivity contribution is 7.92. The smallest absolute Gasteiger partial charge is 0.261 e. The van der Waals surface area contributed by atoms with Gasteiger partial charge in [-0.05, 0) is 54.7 Å². The lowest BCUT2D eigenvalue weighted by molar-refractivity contribution is -0.123. The molecule has 2 fully saturated rings. The Morgan fingerprint density at radius 1 is 0.967 bits per heavy atom. The third-order valence-electron chi connectivity index (χ3n) is 6.20. The quantitative estimate of drug-likeness (QED) is 0.589. The van der Waals surface area contributed by atoms with Gasteiger partial charge in [0.05, 0.1) is 35.2 Å². The van der Waals surface area contributed by atoms with Crippen LogP contribution in [-0.2, 0) is 19.6 Å². The van der Waals surface area contributed by atoms with Gasteiger partial charge in [-0.25, -0.2) is 8.42 Å². The fourth-order valence-electron chi connectivity index (χ4n) is 4.83. The van der Waals surface area contributed by atoms with Crippen molar-refractivity contribution in [3.05, 3.63) is 60.7 Å². The van der Waals surface area contributed by atoms with Gasteiger partial charge >= 0.3 is 0 Å². The molecule has 2 aromatic rings. The van der Waals surface area contributed by atoms with Gasteiger partial charge in [0.1, 0.15) is 5.75 Å². The van der Waals surface area contributed by atoms with Crippen LogP contribution in [0.3, 0.4) is 0 Å². The molecule has 5 rings (SSSR count). The Morgan fingerprint density at radius 2 is 1.60 bits per heavy atom. The Hall–Kier alpha value is -3.13. The number of carbonyl (C=O) groups is 2. The standard InChI is InChI=1S/C22H20N2O5S/c1-29-17-4-2-3-15(12-17)23-30(27,28)18-9-7-16(8-10-18)24-21(25)19-13-5-6-14(11-13)20(19)22(24)26/h2-10,12-14,19-20,23H,11H2,1H3. The number of hydrogen-bond donors (Lipinski definition) is 1. The molecule has 1 N–H and O–H groups in total. The topological polar surface area (TPSA) is 92.8 Å². The van der Waals surface area contributed by atoms with Gasteiger partial charge in [0, 0.05) is 6.07 Å². The Labute approximate surface area is 174 Å². The molecule has 2 amide bonds. The van der Waals surface area contributed by atoms with Gasteiger partial charge in [0.15, 0.2) is 0 Å². The summed E-state index contributed by atoms with van der Waals surface area (Å²) in [6.45, 7) is 0. The number of ether oxygens (including phenoxy) is 1. The SMILES string of the molecule is COc1cccc(NS(=O)(=O)c2ccc(N3C(=O)C4C5C=CC(C5)C4C3=O)cc2)c1. The highest BCUT2D eigenvalue weighted by Gasteiger charge is 2.59. The molecule has 2 aliphatic carbocycles. The molecule has 4 atom stereocenters. The third-order valence-corrected chi connectivity index (χ3v) is 7.59. The molecular formula is C22H20N2O5S. The van der Waals surface area contributed by atoms with E-state index < -0.39 is 10.0 Å². The fraction of sp³-hybridized carbons (Fsp3) is 0.273. The summed E-state index contributed by atoms with van der Waals surface area (Å²) in [5.74, 6) is -0.151. The maximum Gasteiger partial charge on any atom is 0.261 e. The van der Waals surface area contributed by atoms with Crippen LogP contribution in [0.1, 0.15) is 6.42 Å². The van der Waals surface area contributed by atoms with Gasteiger partial charge < -0.3 is 4.74 Å². The number of hydrogen-bond acceptors (Lipinski definition) is 5. The lowest BCUT2D eigenvalue weighted by Crippen LogP contribution is -2.32. The molecule has 0 aromatic heterocycles. The van der Waals surface area contributed by atoms with Crippen LogP contribution in [0, 0.1) is 23.7 Å². The summed E-state index contributed by atoms with van der Waals surface area (Å²) in [4.78, 5) is 27.1. The van der Waals surface area contributed by atoms with Crippen LogP contribution in [0.5, 0.6) is 5.75 Å². The number of nitrogens with zero attached hydrogens (tertiary/aromatic N) is 1. The second-order valence-corrected chi connectivity index (χ2v) is 9.53. The van der Waals surface area contributed by atoms with Crippen molar-refractivity contribution in [3.8, 4) is 5.75 Å². The van der Waals surface area contributed by atoms with Crippen LogP contribution >= 0.6 is 0 Å². The summed E-state index contributed by atoms with van der Waals surface area (Å²) >= 11 is 0. The number of benzene rings is 2. The summed E-state index contributed by atoms with van der Waals surface area (Å²) < 4.78 is 33.0. The second-order valence-electron chi connectivity index (χ2n) is 7.84. The van der Waals surface area contributed by atoms with Gasteiger partial charge in [-0.15, -0.1) is 0 Å². The molecule has 2 bridgehead atoms. The molecule has 154 valence electrons. The monoisotopic (exact) mass is 424 g/mol. The summed E-state index contributed by atoms with van der Waals surface area (Å²) in [6.07, 6.45) is 4.95. The number of nitrogens with one attached hydrogen (secondary N) is 1. The average Bonchev–Trinajstić information content (AvgIpc) is 3.42. The van der Waals surface area contributed by atoms with Crippen molar-refractivity contribution in [1.29, 1.82) is 0 Å². The van der Waals surface area contributed by atoms with E-state index in [4.69, 9.17) is 4.74 Å². The van der Waals surface area contributed by atoms with E-state index in [1.165, 1.54) is 36.3 Å². The minimum absolute atomic E-state index is 0.0371. The third kappa shape index (κ3) is 2.82. The maximum atomic E-state index is 12.9. The van der Waals surface area contributed by atoms with Gasteiger partial charge in [-0.2, -0.15) is 0 Å². The van der Waals surface area contributed by atoms with Crippen LogP contribution in [0.2, 0.25) is 0 Å². The molecule has 8 heteroatoms. The molecule has 1 heterocycles. The minimum Gasteiger partial charge on any atom is -0.497 e. The van der Waals surface area contributed by atoms with Crippen LogP contribution < -0.4 is 14.4 Å². The number of carbonyl (C=O) groups excluding carboxylic acids is 2. The average molecular weight is 424 g/mol. The van der Waals surface area contributed by atoms with Gasteiger partial charge in [-0.3, -0.25) is 19.2 Å². The van der Waals surface area contributed by atoms with Crippen molar-refractivity contribution in [1.82, 2.24) is 0 Å². The Bertz CT molecular complexity index is 1140. The lowest BCUT2D eigenvalue weighted by Gasteiger charge is -2.17. The Morgan fingerprint density at radius 3 is 2.20 bits per heavy atom. The summed E-state index contributed by atoms with van der Waals surface area (Å²) in [5, 5.41) is 0. The van der Waals surface area contributed by atoms with Crippen LogP contribution in [0.4, 0.5) is 11.4 Å². The van der Waals surface area contributed by atoms with E-state index >= 15 is 0 Å². The van der Waals surface area contributed by atoms with Crippen molar-refractivity contribution >= 4 is 33.2 Å². The molecule has 7 nitrogen and oxygen atoms in total. The van der Waals surface area contributed by atoms with E-state index in [0.717, 1.165) is 6.42 Å². The van der Waals surface area contributed by atoms with E-state index in [-0.39, 0.29) is 40.4 Å². The van der Waals surface area contributed by atoms with E-state index in [1.54, 1.807) is 24.3 Å². The molecule has 2 aromatic carbocycles. The van der Waals surface area contributed by atoms with Crippen molar-refractivity contribution < 1.29 is 22.7 Å². The van der Waals surface area contributed by atoms with Crippen LogP contribution in [-0.4, -0.2) is 27.3 Å². The van der Waals surface area contributed by atoms with E-state index in [9.17, 15) is 18.0 Å². The number of anilines is 2. The Balaban J connectivity index is 1.38. The number of imide groups is 1. The zero-order valence-corrected chi connectivity index (χ0v) is 17.0. The van der Waals surface area contributed by atoms with Crippen molar-refractivity contribution in [2.24, 2.45) is 23.7 Å². The summed E-state index contributed by atoms with van der Waals surface area (Å²) in [6, 6.07) is 12.4. The number of rotatable bonds is 5. The number of sulfonamides is 1. The van der Waals surface area contributed by atoms with E-state index in [0.29, 0.717) is 17.1 Å². The highest BCUT2D eigenvalue weighted by atomic mass is 32.2. The van der Waals surface area contributed by atoms with Crippen LogP contribution in [0.15, 0.2) is 65.6 Å². The zero-order chi connectivity index (χ0) is 21.0. The van der Waals surface area contributed by atoms with Crippen LogP contribution in [0.25, 0.3) is 0 Å². The predicted molar refractivity (Wildman–Crippen MR) is 110 cm³/mol. The molecule has 0 radical (unpaired) electrons. The lowest BCUT2D eigenvalue weighted by atomic mass is 9.85. The molecule has 1 aliphatic heterocycles. The molecule has 0 spiro atoms. The number of allylic oxidation sites excluding steroid dienone is 2. The first-order valence-electron chi connectivity index (χ1n) is 9.72. The first kappa shape index (κ1) is 18.9. The molecule has 4 unspecified atom stereocenters. The number of methoxy groups -OCH3 is 1. The van der Waals surface area contributed by atoms with E-state index in [1.807, 2.05) is 12.2 Å². The summed E-state index contributed by atoms with van der Waals surface area (Å²) in [5.41, 5.74) is 0.776. The summed E-state index contributed by atoms with van der Waals surface area (Å²) in [7, 11) is -2.33. The largest absolute Gasteiger partial charge is 0.497 e. The molecule has 3 aliphatic rings. The number of amides is 2. The zero-order valence-electron chi connectivity index (χ0n) is 16.2. The first-order chi connectivity index (χ1) is 14.4. The van der Waals surface area contributed by atoms with Crippen molar-refractivity contribution in [2.45, 2.75) is 11.3 Å². The molecule has 30 heavy (non-hydrogen) atoms. The Kier molecular flexibility index (Phi) is 4.21. The van der Waals surface area contributed by atoms with Crippen molar-refractivity contribution in [3.63, 3.8) is 0 Å². The first-order valence-corrected chi connectivity index (χ1v) is 11.2. The minimum atomic E-state index is -3.83. The maximum absolute atomic E-state index is 12.9. The van der Waals surface area contributed by atoms with Gasteiger partial charge in [-0.1, -0.05) is 18.2 Å². The molecular weight excluding hydrogens is 404 g/mol. The normalized spacial score (nSPS) is 26.9. The second kappa shape index (κ2) is 6.70. The van der Waals surface area contributed by atoms with Gasteiger partial charge in [0.25, 0.3) is 10.0 Å². The highest BCUT2D eigenvalue weighted by Crippen LogP contribution is 2.53. The van der Waals surface area contributed by atoms with Gasteiger partial charge in [0.2, 0.25) is 11.8 Å². The fourth-order valence-corrected chi connectivity index (χ4v) is 5.88. The van der Waals surface area contributed by atoms with E-state index in [2.05, 4.69) is 4.72 Å². The van der Waals surface area contributed by atoms with Crippen molar-refractivity contribution in [2.75, 3.05) is 16.7 Å². The molecule has 1 saturated heterocycles.